The van der Waals surface area contributed by atoms with E-state index in [4.69, 9.17) is 0 Å². The van der Waals surface area contributed by atoms with E-state index < -0.39 is 0 Å². The molecule has 0 spiro atoms. The highest BCUT2D eigenvalue weighted by molar-refractivity contribution is 5.74. The lowest BCUT2D eigenvalue weighted by Crippen LogP contribution is -2.48. The summed E-state index contributed by atoms with van der Waals surface area (Å²) in [7, 11) is 2.20. The number of hydrogen-bond acceptors (Lipinski definition) is 5. The van der Waals surface area contributed by atoms with Crippen molar-refractivity contribution in [2.45, 2.75) is 18.9 Å². The van der Waals surface area contributed by atoms with Crippen LogP contribution in [0.4, 0.5) is 5.82 Å². The minimum absolute atomic E-state index is 0.406. The Morgan fingerprint density at radius 2 is 1.88 bits per heavy atom. The van der Waals surface area contributed by atoms with Gasteiger partial charge < -0.3 is 15.1 Å². The maximum absolute atomic E-state index is 4.67. The Morgan fingerprint density at radius 1 is 1.08 bits per heavy atom. The molecular weight excluding hydrogens is 310 g/mol. The van der Waals surface area contributed by atoms with Gasteiger partial charge in [-0.1, -0.05) is 12.2 Å². The number of nitrogens with one attached hydrogen (secondary N) is 1. The molecule has 3 aliphatic rings. The van der Waals surface area contributed by atoms with Crippen molar-refractivity contribution in [3.63, 3.8) is 0 Å². The Labute approximate surface area is 151 Å². The molecule has 4 heterocycles. The second-order valence-corrected chi connectivity index (χ2v) is 7.44. The molecule has 3 aliphatic heterocycles. The number of nitrogens with zero attached hydrogens (tertiary/aromatic N) is 4. The zero-order valence-corrected chi connectivity index (χ0v) is 15.2. The third-order valence-electron chi connectivity index (χ3n) is 5.52. The number of dihydropyridines is 1. The lowest BCUT2D eigenvalue weighted by atomic mass is 10.0. The molecule has 4 rings (SSSR count). The van der Waals surface area contributed by atoms with Crippen LogP contribution in [0.3, 0.4) is 0 Å². The van der Waals surface area contributed by atoms with Crippen molar-refractivity contribution >= 4 is 11.4 Å². The van der Waals surface area contributed by atoms with E-state index in [-0.39, 0.29) is 0 Å². The van der Waals surface area contributed by atoms with Gasteiger partial charge in [-0.25, -0.2) is 4.98 Å². The van der Waals surface area contributed by atoms with Gasteiger partial charge in [-0.2, -0.15) is 0 Å². The average molecular weight is 339 g/mol. The number of pyridine rings is 1. The van der Waals surface area contributed by atoms with Gasteiger partial charge in [0, 0.05) is 63.8 Å². The molecule has 0 amide bonds. The van der Waals surface area contributed by atoms with Crippen molar-refractivity contribution in [1.82, 2.24) is 20.1 Å². The second kappa shape index (κ2) is 7.58. The molecule has 1 aromatic heterocycles. The third-order valence-corrected chi connectivity index (χ3v) is 5.52. The van der Waals surface area contributed by atoms with Crippen molar-refractivity contribution in [2.75, 3.05) is 57.8 Å². The fourth-order valence-corrected chi connectivity index (χ4v) is 3.81. The van der Waals surface area contributed by atoms with Gasteiger partial charge in [0.15, 0.2) is 0 Å². The van der Waals surface area contributed by atoms with E-state index in [1.165, 1.54) is 50.2 Å². The number of anilines is 1. The van der Waals surface area contributed by atoms with Crippen LogP contribution in [0.5, 0.6) is 0 Å². The fourth-order valence-electron chi connectivity index (χ4n) is 3.81. The maximum atomic E-state index is 4.67. The van der Waals surface area contributed by atoms with Gasteiger partial charge in [0.05, 0.1) is 6.04 Å². The van der Waals surface area contributed by atoms with Crippen molar-refractivity contribution in [3.05, 3.63) is 42.2 Å². The van der Waals surface area contributed by atoms with Gasteiger partial charge >= 0.3 is 0 Å². The molecule has 2 fully saturated rings. The summed E-state index contributed by atoms with van der Waals surface area (Å²) in [5.74, 6) is 1.11. The van der Waals surface area contributed by atoms with E-state index in [2.05, 4.69) is 62.5 Å². The highest BCUT2D eigenvalue weighted by Crippen LogP contribution is 2.22. The second-order valence-electron chi connectivity index (χ2n) is 7.44. The molecule has 25 heavy (non-hydrogen) atoms. The SMILES string of the molecule is CN1CCN(CC2C=CC(c3ccc(N4CCCC4)nc3)=CN2)CC1. The molecule has 0 radical (unpaired) electrons. The zero-order valence-electron chi connectivity index (χ0n) is 15.2. The third kappa shape index (κ3) is 4.05. The molecule has 1 unspecified atom stereocenters. The first kappa shape index (κ1) is 16.6. The lowest BCUT2D eigenvalue weighted by molar-refractivity contribution is 0.149. The van der Waals surface area contributed by atoms with Crippen molar-refractivity contribution in [3.8, 4) is 0 Å². The Hall–Kier alpha value is -1.85. The maximum Gasteiger partial charge on any atom is 0.128 e. The number of aromatic nitrogens is 1. The number of likely N-dealkylation sites (N-methyl/N-ethyl adjacent to an activating group) is 1. The molecule has 1 aromatic rings. The van der Waals surface area contributed by atoms with Gasteiger partial charge in [-0.15, -0.1) is 0 Å². The smallest absolute Gasteiger partial charge is 0.128 e. The monoisotopic (exact) mass is 339 g/mol. The number of rotatable bonds is 4. The predicted octanol–water partition coefficient (Wildman–Crippen LogP) is 1.80. The standard InChI is InChI=1S/C20H29N5/c1-23-10-12-24(13-11-23)16-19-6-4-17(14-21-19)18-5-7-20(22-15-18)25-8-2-3-9-25/h4-7,14-15,19,21H,2-3,8-13,16H2,1H3. The predicted molar refractivity (Wildman–Crippen MR) is 104 cm³/mol. The summed E-state index contributed by atoms with van der Waals surface area (Å²) in [4.78, 5) is 12.0. The largest absolute Gasteiger partial charge is 0.383 e. The van der Waals surface area contributed by atoms with Crippen LogP contribution in [0.1, 0.15) is 18.4 Å². The molecule has 5 heteroatoms. The van der Waals surface area contributed by atoms with Gasteiger partial charge in [0.1, 0.15) is 5.82 Å². The van der Waals surface area contributed by atoms with E-state index in [1.807, 2.05) is 6.20 Å². The normalized spacial score (nSPS) is 25.1. The minimum atomic E-state index is 0.406. The van der Waals surface area contributed by atoms with E-state index in [1.54, 1.807) is 0 Å². The van der Waals surface area contributed by atoms with Crippen LogP contribution in [0.25, 0.3) is 5.57 Å². The molecule has 134 valence electrons. The molecule has 1 atom stereocenters. The number of allylic oxidation sites excluding steroid dienone is 2. The van der Waals surface area contributed by atoms with E-state index in [0.717, 1.165) is 25.5 Å². The fraction of sp³-hybridized carbons (Fsp3) is 0.550. The summed E-state index contributed by atoms with van der Waals surface area (Å²) >= 11 is 0. The Kier molecular flexibility index (Phi) is 5.04. The lowest BCUT2D eigenvalue weighted by Gasteiger charge is -2.34. The van der Waals surface area contributed by atoms with Crippen LogP contribution in [-0.4, -0.2) is 73.7 Å². The Morgan fingerprint density at radius 3 is 2.52 bits per heavy atom. The summed E-state index contributed by atoms with van der Waals surface area (Å²) in [5, 5.41) is 3.55. The molecule has 2 saturated heterocycles. The minimum Gasteiger partial charge on any atom is -0.383 e. The molecule has 1 N–H and O–H groups in total. The first-order valence-electron chi connectivity index (χ1n) is 9.55. The van der Waals surface area contributed by atoms with E-state index in [0.29, 0.717) is 6.04 Å². The van der Waals surface area contributed by atoms with Crippen LogP contribution in [0.2, 0.25) is 0 Å². The topological polar surface area (TPSA) is 34.6 Å². The van der Waals surface area contributed by atoms with E-state index >= 15 is 0 Å². The number of hydrogen-bond donors (Lipinski definition) is 1. The molecule has 0 aliphatic carbocycles. The summed E-state index contributed by atoms with van der Waals surface area (Å²) in [5.41, 5.74) is 2.40. The quantitative estimate of drug-likeness (QED) is 0.905. The van der Waals surface area contributed by atoms with Crippen LogP contribution in [-0.2, 0) is 0 Å². The molecular formula is C20H29N5. The van der Waals surface area contributed by atoms with E-state index in [9.17, 15) is 0 Å². The van der Waals surface area contributed by atoms with Gasteiger partial charge in [0.25, 0.3) is 0 Å². The summed E-state index contributed by atoms with van der Waals surface area (Å²) in [6.07, 6.45) is 11.3. The first-order chi connectivity index (χ1) is 12.3. The Bertz CT molecular complexity index is 622. The van der Waals surface area contributed by atoms with Gasteiger partial charge in [-0.05, 0) is 37.6 Å². The van der Waals surface area contributed by atoms with Crippen molar-refractivity contribution in [1.29, 1.82) is 0 Å². The zero-order chi connectivity index (χ0) is 17.1. The molecule has 5 nitrogen and oxygen atoms in total. The van der Waals surface area contributed by atoms with Crippen LogP contribution < -0.4 is 10.2 Å². The van der Waals surface area contributed by atoms with Crippen LogP contribution >= 0.6 is 0 Å². The molecule has 0 bridgehead atoms. The van der Waals surface area contributed by atoms with Crippen LogP contribution in [0.15, 0.2) is 36.7 Å². The summed E-state index contributed by atoms with van der Waals surface area (Å²) in [6, 6.07) is 4.76. The van der Waals surface area contributed by atoms with Gasteiger partial charge in [-0.3, -0.25) is 4.90 Å². The van der Waals surface area contributed by atoms with Gasteiger partial charge in [0.2, 0.25) is 0 Å². The summed E-state index contributed by atoms with van der Waals surface area (Å²) in [6.45, 7) is 8.05. The van der Waals surface area contributed by atoms with Crippen molar-refractivity contribution in [2.24, 2.45) is 0 Å². The Balaban J connectivity index is 1.32. The van der Waals surface area contributed by atoms with Crippen molar-refractivity contribution < 1.29 is 0 Å². The summed E-state index contributed by atoms with van der Waals surface area (Å²) < 4.78 is 0. The molecule has 0 aromatic carbocycles. The first-order valence-corrected chi connectivity index (χ1v) is 9.55. The molecule has 0 saturated carbocycles. The average Bonchev–Trinajstić information content (AvgIpc) is 3.19. The van der Waals surface area contributed by atoms with Crippen LogP contribution in [0, 0.1) is 0 Å². The highest BCUT2D eigenvalue weighted by Gasteiger charge is 2.18. The number of piperazine rings is 1. The highest BCUT2D eigenvalue weighted by atomic mass is 15.3.